The van der Waals surface area contributed by atoms with Crippen molar-refractivity contribution in [1.29, 1.82) is 0 Å². The van der Waals surface area contributed by atoms with Gasteiger partial charge in [-0.15, -0.1) is 0 Å². The maximum Gasteiger partial charge on any atom is 0.263 e. The van der Waals surface area contributed by atoms with E-state index >= 15 is 0 Å². The molecular formula is C35H21NO2. The van der Waals surface area contributed by atoms with Crippen molar-refractivity contribution in [1.82, 2.24) is 4.40 Å². The van der Waals surface area contributed by atoms with Gasteiger partial charge in [-0.1, -0.05) is 109 Å². The van der Waals surface area contributed by atoms with E-state index < -0.39 is 0 Å². The van der Waals surface area contributed by atoms with Crippen LogP contribution in [0.15, 0.2) is 137 Å². The normalized spacial score (nSPS) is 11.8. The number of nitrogens with zero attached hydrogens (tertiary/aromatic N) is 1. The Labute approximate surface area is 218 Å². The first-order valence-electron chi connectivity index (χ1n) is 12.7. The molecule has 38 heavy (non-hydrogen) atoms. The van der Waals surface area contributed by atoms with Crippen LogP contribution < -0.4 is 5.56 Å². The van der Waals surface area contributed by atoms with Gasteiger partial charge in [-0.3, -0.25) is 9.20 Å². The van der Waals surface area contributed by atoms with Crippen LogP contribution in [0.5, 0.6) is 0 Å². The van der Waals surface area contributed by atoms with Crippen LogP contribution in [-0.2, 0) is 0 Å². The molecule has 0 atom stereocenters. The van der Waals surface area contributed by atoms with E-state index in [4.69, 9.17) is 4.42 Å². The second-order valence-corrected chi connectivity index (χ2v) is 9.71. The Bertz CT molecular complexity index is 2170. The van der Waals surface area contributed by atoms with Crippen LogP contribution in [0.2, 0.25) is 0 Å². The van der Waals surface area contributed by atoms with Gasteiger partial charge in [-0.2, -0.15) is 0 Å². The quantitative estimate of drug-likeness (QED) is 0.250. The van der Waals surface area contributed by atoms with Crippen LogP contribution in [0.4, 0.5) is 0 Å². The van der Waals surface area contributed by atoms with E-state index in [2.05, 4.69) is 78.9 Å². The average molecular weight is 488 g/mol. The molecule has 5 aromatic carbocycles. The lowest BCUT2D eigenvalue weighted by Gasteiger charge is -2.07. The van der Waals surface area contributed by atoms with Crippen molar-refractivity contribution in [2.45, 2.75) is 0 Å². The Morgan fingerprint density at radius 3 is 1.76 bits per heavy atom. The largest absolute Gasteiger partial charge is 0.453 e. The van der Waals surface area contributed by atoms with Gasteiger partial charge >= 0.3 is 0 Å². The zero-order valence-corrected chi connectivity index (χ0v) is 20.4. The second kappa shape index (κ2) is 7.92. The summed E-state index contributed by atoms with van der Waals surface area (Å²) in [4.78, 5) is 13.8. The summed E-state index contributed by atoms with van der Waals surface area (Å²) >= 11 is 0. The van der Waals surface area contributed by atoms with Gasteiger partial charge in [0, 0.05) is 16.3 Å². The number of aromatic nitrogens is 1. The first-order valence-corrected chi connectivity index (χ1v) is 12.7. The Kier molecular flexibility index (Phi) is 4.38. The summed E-state index contributed by atoms with van der Waals surface area (Å²) < 4.78 is 8.43. The van der Waals surface area contributed by atoms with E-state index in [9.17, 15) is 4.79 Å². The van der Waals surface area contributed by atoms with Crippen LogP contribution in [0, 0.1) is 0 Å². The Balaban J connectivity index is 1.43. The monoisotopic (exact) mass is 487 g/mol. The van der Waals surface area contributed by atoms with Gasteiger partial charge in [-0.05, 0) is 40.5 Å². The molecule has 0 bridgehead atoms. The lowest BCUT2D eigenvalue weighted by molar-refractivity contribution is 0.637. The molecule has 0 aliphatic heterocycles. The Morgan fingerprint density at radius 2 is 1.05 bits per heavy atom. The van der Waals surface area contributed by atoms with Crippen molar-refractivity contribution in [3.63, 3.8) is 0 Å². The van der Waals surface area contributed by atoms with Crippen molar-refractivity contribution in [2.24, 2.45) is 0 Å². The number of benzene rings is 5. The highest BCUT2D eigenvalue weighted by atomic mass is 16.3. The molecule has 0 saturated heterocycles. The number of pyridine rings is 1. The highest BCUT2D eigenvalue weighted by Crippen LogP contribution is 2.43. The molecule has 0 amide bonds. The third-order valence-electron chi connectivity index (χ3n) is 7.58. The molecule has 0 fully saturated rings. The molecule has 0 N–H and O–H groups in total. The molecule has 0 radical (unpaired) electrons. The summed E-state index contributed by atoms with van der Waals surface area (Å²) in [5, 5.41) is 3.50. The number of fused-ring (bicyclic) bond motifs is 5. The number of furan rings is 1. The zero-order chi connectivity index (χ0) is 25.2. The molecule has 0 saturated carbocycles. The van der Waals surface area contributed by atoms with E-state index in [-0.39, 0.29) is 5.56 Å². The van der Waals surface area contributed by atoms with Gasteiger partial charge in [-0.25, -0.2) is 0 Å². The predicted octanol–water partition coefficient (Wildman–Crippen LogP) is 8.79. The topological polar surface area (TPSA) is 34.6 Å². The maximum absolute atomic E-state index is 13.8. The van der Waals surface area contributed by atoms with Crippen LogP contribution in [0.3, 0.4) is 0 Å². The first-order chi connectivity index (χ1) is 18.8. The molecule has 3 aromatic heterocycles. The van der Waals surface area contributed by atoms with Gasteiger partial charge in [0.25, 0.3) is 5.56 Å². The van der Waals surface area contributed by atoms with Crippen LogP contribution in [0.25, 0.3) is 71.7 Å². The van der Waals surface area contributed by atoms with Gasteiger partial charge in [0.1, 0.15) is 11.3 Å². The lowest BCUT2D eigenvalue weighted by atomic mass is 9.99. The summed E-state index contributed by atoms with van der Waals surface area (Å²) in [7, 11) is 0. The summed E-state index contributed by atoms with van der Waals surface area (Å²) in [6.07, 6.45) is 0. The van der Waals surface area contributed by atoms with Crippen LogP contribution in [-0.4, -0.2) is 4.40 Å². The number of hydrogen-bond donors (Lipinski definition) is 0. The minimum atomic E-state index is -0.0199. The molecule has 3 heterocycles. The van der Waals surface area contributed by atoms with E-state index in [1.54, 1.807) is 0 Å². The third kappa shape index (κ3) is 2.93. The molecule has 8 aromatic rings. The first kappa shape index (κ1) is 21.0. The number of hydrogen-bond acceptors (Lipinski definition) is 2. The Morgan fingerprint density at radius 1 is 0.500 bits per heavy atom. The van der Waals surface area contributed by atoms with Crippen molar-refractivity contribution < 1.29 is 4.42 Å². The molecule has 8 rings (SSSR count). The van der Waals surface area contributed by atoms with Crippen molar-refractivity contribution in [3.8, 4) is 33.6 Å². The lowest BCUT2D eigenvalue weighted by Crippen LogP contribution is -2.12. The van der Waals surface area contributed by atoms with Crippen LogP contribution >= 0.6 is 0 Å². The zero-order valence-electron chi connectivity index (χ0n) is 20.4. The molecule has 0 unspecified atom stereocenters. The Hall–Kier alpha value is -5.15. The number of rotatable bonds is 3. The molecular weight excluding hydrogens is 466 g/mol. The van der Waals surface area contributed by atoms with Crippen LogP contribution in [0.1, 0.15) is 0 Å². The fourth-order valence-electron chi connectivity index (χ4n) is 5.78. The van der Waals surface area contributed by atoms with E-state index in [1.165, 1.54) is 11.1 Å². The average Bonchev–Trinajstić information content (AvgIpc) is 3.54. The van der Waals surface area contributed by atoms with Gasteiger partial charge in [0.2, 0.25) is 0 Å². The molecule has 3 nitrogen and oxygen atoms in total. The fraction of sp³-hybridized carbons (Fsp3) is 0. The fourth-order valence-corrected chi connectivity index (χ4v) is 5.78. The SMILES string of the molecule is O=c1c2ccccc2c2oc(-c3ccccc3)c3c4cc(-c5ccc(-c6ccccc6)cc5)ccc4n1c23. The van der Waals surface area contributed by atoms with Crippen molar-refractivity contribution in [2.75, 3.05) is 0 Å². The summed E-state index contributed by atoms with van der Waals surface area (Å²) in [5.41, 5.74) is 8.07. The van der Waals surface area contributed by atoms with Crippen molar-refractivity contribution >= 4 is 38.2 Å². The summed E-state index contributed by atoms with van der Waals surface area (Å²) in [6, 6.07) is 43.3. The molecule has 3 heteroatoms. The molecule has 0 aliphatic carbocycles. The maximum atomic E-state index is 13.8. The van der Waals surface area contributed by atoms with Gasteiger partial charge in [0.05, 0.1) is 16.3 Å². The van der Waals surface area contributed by atoms with E-state index in [0.29, 0.717) is 5.39 Å². The predicted molar refractivity (Wildman–Crippen MR) is 156 cm³/mol. The van der Waals surface area contributed by atoms with Crippen molar-refractivity contribution in [3.05, 3.63) is 138 Å². The highest BCUT2D eigenvalue weighted by Gasteiger charge is 2.25. The van der Waals surface area contributed by atoms with E-state index in [1.807, 2.05) is 52.9 Å². The minimum absolute atomic E-state index is 0.0199. The molecule has 0 aliphatic rings. The second-order valence-electron chi connectivity index (χ2n) is 9.71. The third-order valence-corrected chi connectivity index (χ3v) is 7.58. The summed E-state index contributed by atoms with van der Waals surface area (Å²) in [5.74, 6) is 0.792. The van der Waals surface area contributed by atoms with E-state index in [0.717, 1.165) is 55.2 Å². The highest BCUT2D eigenvalue weighted by molar-refractivity contribution is 6.23. The smallest absolute Gasteiger partial charge is 0.263 e. The van der Waals surface area contributed by atoms with Gasteiger partial charge in [0.15, 0.2) is 5.58 Å². The standard InChI is InChI=1S/C35H21NO2/c37-35-28-14-8-7-13-27(28)34-32-31(33(38-34)25-11-5-2-6-12-25)29-21-26(19-20-30(29)36(32)35)24-17-15-23(16-18-24)22-9-3-1-4-10-22/h1-21H. The molecule has 0 spiro atoms. The van der Waals surface area contributed by atoms with Gasteiger partial charge < -0.3 is 4.42 Å². The molecule has 178 valence electrons. The minimum Gasteiger partial charge on any atom is -0.453 e. The summed E-state index contributed by atoms with van der Waals surface area (Å²) in [6.45, 7) is 0.